The number of hydrogen-bond donors (Lipinski definition) is 2. The first kappa shape index (κ1) is 15.8. The number of nitrogens with zero attached hydrogens (tertiary/aromatic N) is 1. The Morgan fingerprint density at radius 1 is 1.38 bits per heavy atom. The van der Waals surface area contributed by atoms with Gasteiger partial charge in [0, 0.05) is 6.54 Å². The molecule has 0 atom stereocenters. The van der Waals surface area contributed by atoms with Gasteiger partial charge >= 0.3 is 0 Å². The molecule has 4 nitrogen and oxygen atoms in total. The van der Waals surface area contributed by atoms with E-state index < -0.39 is 0 Å². The van der Waals surface area contributed by atoms with Crippen LogP contribution in [-0.2, 0) is 6.54 Å². The lowest BCUT2D eigenvalue weighted by atomic mass is 9.86. The van der Waals surface area contributed by atoms with E-state index in [1.807, 2.05) is 18.2 Å². The summed E-state index contributed by atoms with van der Waals surface area (Å²) in [5.74, 6) is 2.41. The van der Waals surface area contributed by atoms with Gasteiger partial charge in [-0.15, -0.1) is 0 Å². The molecule has 0 radical (unpaired) electrons. The van der Waals surface area contributed by atoms with Crippen LogP contribution in [0.2, 0.25) is 0 Å². The maximum atomic E-state index is 7.55. The minimum Gasteiger partial charge on any atom is -0.496 e. The molecule has 0 amide bonds. The average Bonchev–Trinajstić information content (AvgIpc) is 2.47. The molecular formula is C17H27N3O. The second kappa shape index (κ2) is 6.94. The third-order valence-electron chi connectivity index (χ3n) is 4.54. The van der Waals surface area contributed by atoms with Crippen molar-refractivity contribution >= 4 is 5.84 Å². The zero-order valence-electron chi connectivity index (χ0n) is 13.4. The first-order valence-electron chi connectivity index (χ1n) is 7.75. The monoisotopic (exact) mass is 289 g/mol. The lowest BCUT2D eigenvalue weighted by Crippen LogP contribution is -2.34. The third kappa shape index (κ3) is 3.97. The van der Waals surface area contributed by atoms with Crippen LogP contribution >= 0.6 is 0 Å². The van der Waals surface area contributed by atoms with Gasteiger partial charge in [-0.2, -0.15) is 0 Å². The molecule has 0 spiro atoms. The predicted molar refractivity (Wildman–Crippen MR) is 86.8 cm³/mol. The van der Waals surface area contributed by atoms with Crippen LogP contribution in [0, 0.1) is 17.2 Å². The van der Waals surface area contributed by atoms with Crippen molar-refractivity contribution in [2.24, 2.45) is 17.6 Å². The first-order valence-corrected chi connectivity index (χ1v) is 7.75. The number of benzene rings is 1. The Hall–Kier alpha value is -1.55. The van der Waals surface area contributed by atoms with Crippen molar-refractivity contribution < 1.29 is 4.74 Å². The van der Waals surface area contributed by atoms with Gasteiger partial charge < -0.3 is 10.5 Å². The highest BCUT2D eigenvalue weighted by molar-refractivity contribution is 5.97. The van der Waals surface area contributed by atoms with E-state index in [1.54, 1.807) is 7.11 Å². The largest absolute Gasteiger partial charge is 0.496 e. The number of nitrogens with one attached hydrogen (secondary N) is 1. The number of piperidine rings is 1. The van der Waals surface area contributed by atoms with Crippen molar-refractivity contribution in [1.29, 1.82) is 5.41 Å². The van der Waals surface area contributed by atoms with E-state index in [-0.39, 0.29) is 5.84 Å². The number of likely N-dealkylation sites (tertiary alicyclic amines) is 1. The van der Waals surface area contributed by atoms with Crippen LogP contribution in [0.5, 0.6) is 5.75 Å². The number of nitrogens with two attached hydrogens (primary N) is 1. The molecular weight excluding hydrogens is 262 g/mol. The molecule has 0 unspecified atom stereocenters. The van der Waals surface area contributed by atoms with E-state index >= 15 is 0 Å². The Balaban J connectivity index is 1.99. The topological polar surface area (TPSA) is 62.3 Å². The van der Waals surface area contributed by atoms with Crippen LogP contribution in [0.15, 0.2) is 18.2 Å². The van der Waals surface area contributed by atoms with E-state index in [1.165, 1.54) is 31.5 Å². The van der Waals surface area contributed by atoms with Gasteiger partial charge in [0.25, 0.3) is 0 Å². The molecule has 2 rings (SSSR count). The van der Waals surface area contributed by atoms with Crippen molar-refractivity contribution in [3.05, 3.63) is 29.3 Å². The summed E-state index contributed by atoms with van der Waals surface area (Å²) in [6.07, 6.45) is 2.58. The van der Waals surface area contributed by atoms with E-state index in [9.17, 15) is 0 Å². The Morgan fingerprint density at radius 2 is 2.05 bits per heavy atom. The van der Waals surface area contributed by atoms with Crippen molar-refractivity contribution in [2.75, 3.05) is 20.2 Å². The van der Waals surface area contributed by atoms with E-state index in [2.05, 4.69) is 18.7 Å². The van der Waals surface area contributed by atoms with Crippen molar-refractivity contribution in [3.8, 4) is 5.75 Å². The summed E-state index contributed by atoms with van der Waals surface area (Å²) in [7, 11) is 1.62. The normalized spacial score (nSPS) is 17.1. The zero-order valence-corrected chi connectivity index (χ0v) is 13.4. The molecule has 1 aromatic rings. The number of rotatable bonds is 5. The fourth-order valence-electron chi connectivity index (χ4n) is 3.09. The van der Waals surface area contributed by atoms with Gasteiger partial charge in [-0.25, -0.2) is 0 Å². The summed E-state index contributed by atoms with van der Waals surface area (Å²) >= 11 is 0. The van der Waals surface area contributed by atoms with Crippen molar-refractivity contribution in [1.82, 2.24) is 4.90 Å². The quantitative estimate of drug-likeness (QED) is 0.647. The lowest BCUT2D eigenvalue weighted by molar-refractivity contribution is 0.152. The standard InChI is InChI=1S/C17H27N3O/c1-12(2)14-6-8-20(9-7-14)11-13-4-5-15(17(18)19)16(10-13)21-3/h4-5,10,12,14H,6-9,11H2,1-3H3,(H3,18,19). The van der Waals surface area contributed by atoms with Gasteiger partial charge in [-0.05, 0) is 55.5 Å². The highest BCUT2D eigenvalue weighted by Gasteiger charge is 2.21. The van der Waals surface area contributed by atoms with Crippen LogP contribution in [0.3, 0.4) is 0 Å². The summed E-state index contributed by atoms with van der Waals surface area (Å²) in [6.45, 7) is 7.93. The second-order valence-electron chi connectivity index (χ2n) is 6.31. The van der Waals surface area contributed by atoms with E-state index in [0.717, 1.165) is 18.4 Å². The van der Waals surface area contributed by atoms with Crippen LogP contribution in [-0.4, -0.2) is 30.9 Å². The van der Waals surface area contributed by atoms with Crippen molar-refractivity contribution in [3.63, 3.8) is 0 Å². The zero-order chi connectivity index (χ0) is 15.4. The summed E-state index contributed by atoms with van der Waals surface area (Å²) < 4.78 is 5.35. The maximum absolute atomic E-state index is 7.55. The Bertz CT molecular complexity index is 491. The molecule has 21 heavy (non-hydrogen) atoms. The lowest BCUT2D eigenvalue weighted by Gasteiger charge is -2.33. The Labute approximate surface area is 127 Å². The molecule has 116 valence electrons. The van der Waals surface area contributed by atoms with Crippen LogP contribution < -0.4 is 10.5 Å². The molecule has 1 saturated heterocycles. The number of hydrogen-bond acceptors (Lipinski definition) is 3. The summed E-state index contributed by atoms with van der Waals surface area (Å²) in [6, 6.07) is 5.94. The van der Waals surface area contributed by atoms with Crippen LogP contribution in [0.1, 0.15) is 37.8 Å². The molecule has 1 aliphatic rings. The molecule has 0 bridgehead atoms. The number of methoxy groups -OCH3 is 1. The summed E-state index contributed by atoms with van der Waals surface area (Å²) in [4.78, 5) is 2.50. The Kier molecular flexibility index (Phi) is 5.23. The molecule has 1 fully saturated rings. The van der Waals surface area contributed by atoms with Crippen LogP contribution in [0.25, 0.3) is 0 Å². The molecule has 0 saturated carbocycles. The highest BCUT2D eigenvalue weighted by atomic mass is 16.5. The molecule has 0 aliphatic carbocycles. The summed E-state index contributed by atoms with van der Waals surface area (Å²) in [5, 5.41) is 7.55. The Morgan fingerprint density at radius 3 is 2.57 bits per heavy atom. The molecule has 3 N–H and O–H groups in total. The minimum atomic E-state index is 0.0520. The van der Waals surface area contributed by atoms with E-state index in [4.69, 9.17) is 15.9 Å². The van der Waals surface area contributed by atoms with Gasteiger partial charge in [0.05, 0.1) is 12.7 Å². The first-order chi connectivity index (χ1) is 10.0. The third-order valence-corrected chi connectivity index (χ3v) is 4.54. The fourth-order valence-corrected chi connectivity index (χ4v) is 3.09. The van der Waals surface area contributed by atoms with Gasteiger partial charge in [0.15, 0.2) is 0 Å². The fraction of sp³-hybridized carbons (Fsp3) is 0.588. The SMILES string of the molecule is COc1cc(CN2CCC(C(C)C)CC2)ccc1C(=N)N. The molecule has 4 heteroatoms. The van der Waals surface area contributed by atoms with Crippen LogP contribution in [0.4, 0.5) is 0 Å². The highest BCUT2D eigenvalue weighted by Crippen LogP contribution is 2.26. The second-order valence-corrected chi connectivity index (χ2v) is 6.31. The molecule has 1 aromatic carbocycles. The molecule has 1 heterocycles. The maximum Gasteiger partial charge on any atom is 0.130 e. The number of amidine groups is 1. The van der Waals surface area contributed by atoms with Crippen molar-refractivity contribution in [2.45, 2.75) is 33.2 Å². The number of nitrogen functional groups attached to an aromatic ring is 1. The number of ether oxygens (including phenoxy) is 1. The average molecular weight is 289 g/mol. The summed E-state index contributed by atoms with van der Waals surface area (Å²) in [5.41, 5.74) is 7.45. The van der Waals surface area contributed by atoms with E-state index in [0.29, 0.717) is 11.3 Å². The predicted octanol–water partition coefficient (Wildman–Crippen LogP) is 2.85. The van der Waals surface area contributed by atoms with Gasteiger partial charge in [-0.3, -0.25) is 10.3 Å². The van der Waals surface area contributed by atoms with Gasteiger partial charge in [-0.1, -0.05) is 19.9 Å². The minimum absolute atomic E-state index is 0.0520. The van der Waals surface area contributed by atoms with Gasteiger partial charge in [0.1, 0.15) is 11.6 Å². The van der Waals surface area contributed by atoms with Gasteiger partial charge in [0.2, 0.25) is 0 Å². The molecule has 1 aliphatic heterocycles. The smallest absolute Gasteiger partial charge is 0.130 e. The molecule has 0 aromatic heterocycles.